The van der Waals surface area contributed by atoms with Crippen molar-refractivity contribution in [2.45, 2.75) is 160 Å². The van der Waals surface area contributed by atoms with Gasteiger partial charge in [-0.15, -0.1) is 0 Å². The first-order chi connectivity index (χ1) is 32.0. The van der Waals surface area contributed by atoms with Crippen molar-refractivity contribution in [1.29, 1.82) is 0 Å². The molecule has 0 radical (unpaired) electrons. The molecule has 0 bridgehead atoms. The van der Waals surface area contributed by atoms with Crippen LogP contribution >= 0.6 is 11.8 Å². The quantitative estimate of drug-likeness (QED) is 0.0297. The third-order valence-electron chi connectivity index (χ3n) is 10.1. The Balaban J connectivity index is 6.35. The number of rotatable bonds is 33. The highest BCUT2D eigenvalue weighted by atomic mass is 32.2. The van der Waals surface area contributed by atoms with E-state index in [0.717, 1.165) is 13.8 Å². The Kier molecular flexibility index (Phi) is 28.9. The van der Waals surface area contributed by atoms with Gasteiger partial charge in [-0.2, -0.15) is 11.8 Å². The fourth-order valence-corrected chi connectivity index (χ4v) is 6.84. The predicted octanol–water partition coefficient (Wildman–Crippen LogP) is -4.13. The molecular weight excluding hydrogens is 935 g/mol. The molecule has 11 atom stereocenters. The molecule has 0 aliphatic carbocycles. The summed E-state index contributed by atoms with van der Waals surface area (Å²) < 4.78 is 0. The number of hydrogen-bond donors (Lipinski definition) is 15. The second-order valence-electron chi connectivity index (χ2n) is 17.7. The number of thioether (sulfide) groups is 1. The van der Waals surface area contributed by atoms with Crippen molar-refractivity contribution in [3.63, 3.8) is 0 Å². The number of carboxylic acids is 3. The van der Waals surface area contributed by atoms with E-state index < -0.39 is 164 Å². The van der Waals surface area contributed by atoms with Crippen molar-refractivity contribution < 1.29 is 83.4 Å². The van der Waals surface area contributed by atoms with Crippen LogP contribution < -0.4 is 48.3 Å². The molecule has 0 aromatic rings. The van der Waals surface area contributed by atoms with Gasteiger partial charge in [-0.1, -0.05) is 41.5 Å². The molecule has 394 valence electrons. The zero-order chi connectivity index (χ0) is 53.5. The van der Waals surface area contributed by atoms with Crippen molar-refractivity contribution in [2.24, 2.45) is 23.5 Å². The van der Waals surface area contributed by atoms with Crippen molar-refractivity contribution in [3.05, 3.63) is 0 Å². The number of hydrogen-bond acceptors (Lipinski definition) is 16. The summed E-state index contributed by atoms with van der Waals surface area (Å²) in [6, 6.07) is -14.4. The molecule has 0 aliphatic heterocycles. The third-order valence-corrected chi connectivity index (χ3v) is 10.8. The fourth-order valence-electron chi connectivity index (χ4n) is 6.37. The molecule has 27 heteroatoms. The lowest BCUT2D eigenvalue weighted by Gasteiger charge is -2.29. The molecule has 26 nitrogen and oxygen atoms in total. The average molecular weight is 1010 g/mol. The standard InChI is InChI=1S/C42H73N9O17S/c1-18(2)14-23(43)34(59)44-25(12-13-69-9)35(60)47-27(16-30(57)58)38(63)46-26(15-19(3)4)37(62)48-28(17-52)39(64)50-33(22(8)54)41(66)51-32(21(7)53)40(65)45-24(10-11-29(55)56)36(61)49-31(20(5)6)42(67)68/h18-28,31-33,52-54H,10-17,43H2,1-9H3,(H,44,59)(H,45,65)(H,46,63)(H,47,60)(H,48,62)(H,49,61)(H,50,64)(H,51,66)(H,55,56)(H,57,58)(H,67,68)/t21-,22-,23+,24+,25+,26+,27+,28+,31+,32+,33+/m1/s1. The van der Waals surface area contributed by atoms with Crippen LogP contribution in [0.25, 0.3) is 0 Å². The van der Waals surface area contributed by atoms with Gasteiger partial charge in [0.2, 0.25) is 47.3 Å². The first-order valence-corrected chi connectivity index (χ1v) is 23.7. The Bertz CT molecular complexity index is 1780. The Hall–Kier alpha value is -5.64. The minimum Gasteiger partial charge on any atom is -0.481 e. The van der Waals surface area contributed by atoms with E-state index in [2.05, 4.69) is 42.5 Å². The Morgan fingerprint density at radius 3 is 1.32 bits per heavy atom. The monoisotopic (exact) mass is 1010 g/mol. The van der Waals surface area contributed by atoms with Gasteiger partial charge in [0, 0.05) is 6.42 Å². The summed E-state index contributed by atoms with van der Waals surface area (Å²) in [5.74, 6) is -13.6. The summed E-state index contributed by atoms with van der Waals surface area (Å²) in [4.78, 5) is 142. The van der Waals surface area contributed by atoms with Gasteiger partial charge >= 0.3 is 17.9 Å². The first-order valence-electron chi connectivity index (χ1n) is 22.3. The Morgan fingerprint density at radius 2 is 0.870 bits per heavy atom. The number of carbonyl (C=O) groups is 11. The van der Waals surface area contributed by atoms with Crippen LogP contribution in [0, 0.1) is 17.8 Å². The molecule has 0 spiro atoms. The first kappa shape index (κ1) is 63.4. The van der Waals surface area contributed by atoms with E-state index in [0.29, 0.717) is 12.2 Å². The summed E-state index contributed by atoms with van der Waals surface area (Å²) in [6.45, 7) is 10.9. The third kappa shape index (κ3) is 24.0. The largest absolute Gasteiger partial charge is 0.481 e. The number of aliphatic hydroxyl groups is 3. The lowest BCUT2D eigenvalue weighted by atomic mass is 10.0. The summed E-state index contributed by atoms with van der Waals surface area (Å²) >= 11 is 1.35. The highest BCUT2D eigenvalue weighted by Gasteiger charge is 2.38. The van der Waals surface area contributed by atoms with Crippen LogP contribution in [-0.4, -0.2) is 181 Å². The molecule has 0 aliphatic rings. The van der Waals surface area contributed by atoms with Crippen LogP contribution in [0.5, 0.6) is 0 Å². The summed E-state index contributed by atoms with van der Waals surface area (Å²) in [6.07, 6.45) is -3.69. The number of carboxylic acid groups (broad SMARTS) is 3. The number of nitrogens with two attached hydrogens (primary N) is 1. The van der Waals surface area contributed by atoms with Gasteiger partial charge in [0.05, 0.1) is 31.3 Å². The molecule has 0 saturated carbocycles. The van der Waals surface area contributed by atoms with Crippen LogP contribution in [0.3, 0.4) is 0 Å². The summed E-state index contributed by atoms with van der Waals surface area (Å²) in [5.41, 5.74) is 5.99. The van der Waals surface area contributed by atoms with Gasteiger partial charge in [-0.25, -0.2) is 4.79 Å². The van der Waals surface area contributed by atoms with Crippen LogP contribution in [0.15, 0.2) is 0 Å². The van der Waals surface area contributed by atoms with Crippen molar-refractivity contribution in [1.82, 2.24) is 42.5 Å². The zero-order valence-corrected chi connectivity index (χ0v) is 41.2. The number of aliphatic hydroxyl groups excluding tert-OH is 3. The Morgan fingerprint density at radius 1 is 0.478 bits per heavy atom. The normalized spacial score (nSPS) is 16.1. The second-order valence-corrected chi connectivity index (χ2v) is 18.7. The van der Waals surface area contributed by atoms with Crippen LogP contribution in [0.4, 0.5) is 0 Å². The lowest BCUT2D eigenvalue weighted by molar-refractivity contribution is -0.144. The second kappa shape index (κ2) is 31.5. The average Bonchev–Trinajstić information content (AvgIpc) is 3.23. The van der Waals surface area contributed by atoms with Gasteiger partial charge < -0.3 is 78.9 Å². The maximum absolute atomic E-state index is 13.7. The van der Waals surface area contributed by atoms with Gasteiger partial charge in [0.15, 0.2) is 0 Å². The zero-order valence-electron chi connectivity index (χ0n) is 40.4. The van der Waals surface area contributed by atoms with Gasteiger partial charge in [0.1, 0.15) is 48.3 Å². The van der Waals surface area contributed by atoms with E-state index in [1.54, 1.807) is 20.1 Å². The van der Waals surface area contributed by atoms with E-state index in [1.165, 1.54) is 25.6 Å². The predicted molar refractivity (Wildman–Crippen MR) is 247 cm³/mol. The SMILES string of the molecule is CSCC[C@H](NC(=O)[C@@H](N)CC(C)C)C(=O)N[C@@H](CC(=O)O)C(=O)N[C@@H](CC(C)C)C(=O)N[C@@H](CO)C(=O)N[C@H](C(=O)N[C@H](C(=O)N[C@@H](CCC(=O)O)C(=O)N[C@H](C(=O)O)C(C)C)[C@@H](C)O)[C@@H](C)O. The van der Waals surface area contributed by atoms with Crippen LogP contribution in [0.1, 0.15) is 93.9 Å². The van der Waals surface area contributed by atoms with Crippen molar-refractivity contribution in [3.8, 4) is 0 Å². The highest BCUT2D eigenvalue weighted by Crippen LogP contribution is 2.11. The number of carbonyl (C=O) groups excluding carboxylic acids is 8. The summed E-state index contributed by atoms with van der Waals surface area (Å²) in [7, 11) is 0. The van der Waals surface area contributed by atoms with E-state index in [-0.39, 0.29) is 24.7 Å². The summed E-state index contributed by atoms with van der Waals surface area (Å²) in [5, 5.41) is 77.5. The van der Waals surface area contributed by atoms with E-state index in [9.17, 15) is 83.4 Å². The maximum Gasteiger partial charge on any atom is 0.326 e. The van der Waals surface area contributed by atoms with Crippen LogP contribution in [-0.2, 0) is 52.7 Å². The maximum atomic E-state index is 13.7. The fraction of sp³-hybridized carbons (Fsp3) is 0.738. The van der Waals surface area contributed by atoms with Crippen molar-refractivity contribution in [2.75, 3.05) is 18.6 Å². The smallest absolute Gasteiger partial charge is 0.326 e. The minimum absolute atomic E-state index is 0.0495. The molecule has 0 unspecified atom stereocenters. The van der Waals surface area contributed by atoms with Gasteiger partial charge in [0.25, 0.3) is 0 Å². The Labute approximate surface area is 404 Å². The molecular formula is C42H73N9O17S. The molecule has 0 fully saturated rings. The van der Waals surface area contributed by atoms with Gasteiger partial charge in [-0.05, 0) is 69.3 Å². The molecule has 0 rings (SSSR count). The molecule has 0 saturated heterocycles. The topological polar surface area (TPSA) is 431 Å². The van der Waals surface area contributed by atoms with Gasteiger partial charge in [-0.3, -0.25) is 47.9 Å². The minimum atomic E-state index is -1.96. The van der Waals surface area contributed by atoms with E-state index in [1.807, 2.05) is 13.8 Å². The van der Waals surface area contributed by atoms with E-state index in [4.69, 9.17) is 5.73 Å². The van der Waals surface area contributed by atoms with Crippen molar-refractivity contribution >= 4 is 76.9 Å². The molecule has 69 heavy (non-hydrogen) atoms. The number of amides is 8. The lowest BCUT2D eigenvalue weighted by Crippen LogP contribution is -2.63. The molecule has 0 aromatic carbocycles. The molecule has 8 amide bonds. The molecule has 0 aromatic heterocycles. The molecule has 0 heterocycles. The van der Waals surface area contributed by atoms with Crippen LogP contribution in [0.2, 0.25) is 0 Å². The highest BCUT2D eigenvalue weighted by molar-refractivity contribution is 7.98. The number of aliphatic carboxylic acids is 3. The number of nitrogens with one attached hydrogen (secondary N) is 8. The molecule has 16 N–H and O–H groups in total. The van der Waals surface area contributed by atoms with E-state index >= 15 is 0 Å².